The van der Waals surface area contributed by atoms with Crippen molar-refractivity contribution in [2.24, 2.45) is 5.41 Å². The van der Waals surface area contributed by atoms with Gasteiger partial charge in [0.2, 0.25) is 5.91 Å². The maximum atomic E-state index is 12.2. The minimum absolute atomic E-state index is 0.110. The summed E-state index contributed by atoms with van der Waals surface area (Å²) in [5, 5.41) is 2.79. The molecule has 0 atom stereocenters. The Morgan fingerprint density at radius 3 is 1.93 bits per heavy atom. The minimum Gasteiger partial charge on any atom is -0.454 e. The van der Waals surface area contributed by atoms with E-state index in [1.54, 1.807) is 36.4 Å². The van der Waals surface area contributed by atoms with Gasteiger partial charge in [0, 0.05) is 36.4 Å². The monoisotopic (exact) mass is 382 g/mol. The van der Waals surface area contributed by atoms with Crippen LogP contribution in [0.2, 0.25) is 0 Å². The maximum absolute atomic E-state index is 12.2. The molecule has 0 aliphatic heterocycles. The topological polar surface area (TPSA) is 75.7 Å². The van der Waals surface area contributed by atoms with E-state index in [1.165, 1.54) is 0 Å². The molecule has 0 saturated carbocycles. The van der Waals surface area contributed by atoms with E-state index < -0.39 is 11.4 Å². The number of benzene rings is 2. The van der Waals surface area contributed by atoms with Crippen LogP contribution in [-0.4, -0.2) is 38.4 Å². The van der Waals surface area contributed by atoms with Crippen molar-refractivity contribution in [1.29, 1.82) is 0 Å². The Morgan fingerprint density at radius 1 is 0.893 bits per heavy atom. The molecular formula is C22H26N2O4. The van der Waals surface area contributed by atoms with E-state index in [-0.39, 0.29) is 18.3 Å². The molecule has 2 aromatic carbocycles. The summed E-state index contributed by atoms with van der Waals surface area (Å²) < 4.78 is 5.11. The molecule has 1 N–H and O–H groups in total. The van der Waals surface area contributed by atoms with Crippen molar-refractivity contribution in [1.82, 2.24) is 0 Å². The minimum atomic E-state index is -0.548. The van der Waals surface area contributed by atoms with Crippen LogP contribution in [0, 0.1) is 5.41 Å². The number of amides is 1. The number of hydrogen-bond donors (Lipinski definition) is 1. The van der Waals surface area contributed by atoms with Crippen LogP contribution in [0.3, 0.4) is 0 Å². The molecule has 2 aromatic rings. The van der Waals surface area contributed by atoms with Gasteiger partial charge in [-0.2, -0.15) is 0 Å². The van der Waals surface area contributed by atoms with Gasteiger partial charge in [0.15, 0.2) is 12.4 Å². The van der Waals surface area contributed by atoms with Gasteiger partial charge in [-0.15, -0.1) is 0 Å². The number of rotatable bonds is 6. The molecule has 0 aliphatic rings. The van der Waals surface area contributed by atoms with Crippen LogP contribution in [0.4, 0.5) is 11.4 Å². The fraction of sp³-hybridized carbons (Fsp3) is 0.318. The Hall–Kier alpha value is -3.15. The lowest BCUT2D eigenvalue weighted by Crippen LogP contribution is -2.27. The van der Waals surface area contributed by atoms with E-state index in [4.69, 9.17) is 4.74 Å². The van der Waals surface area contributed by atoms with Crippen molar-refractivity contribution in [2.45, 2.75) is 20.8 Å². The van der Waals surface area contributed by atoms with Crippen molar-refractivity contribution in [3.8, 4) is 0 Å². The fourth-order valence-corrected chi connectivity index (χ4v) is 2.25. The highest BCUT2D eigenvalue weighted by Crippen LogP contribution is 2.18. The van der Waals surface area contributed by atoms with Crippen LogP contribution < -0.4 is 10.2 Å². The van der Waals surface area contributed by atoms with Crippen molar-refractivity contribution < 1.29 is 19.1 Å². The summed E-state index contributed by atoms with van der Waals surface area (Å²) in [7, 11) is 3.82. The molecule has 0 fully saturated rings. The van der Waals surface area contributed by atoms with E-state index in [0.29, 0.717) is 16.8 Å². The average molecular weight is 382 g/mol. The Labute approximate surface area is 165 Å². The van der Waals surface area contributed by atoms with Crippen LogP contribution in [0.1, 0.15) is 41.5 Å². The molecule has 0 unspecified atom stereocenters. The van der Waals surface area contributed by atoms with Gasteiger partial charge in [0.05, 0.1) is 5.56 Å². The molecule has 1 amide bonds. The number of esters is 1. The van der Waals surface area contributed by atoms with E-state index in [2.05, 4.69) is 5.32 Å². The summed E-state index contributed by atoms with van der Waals surface area (Å²) in [6.45, 7) is 5.12. The van der Waals surface area contributed by atoms with Crippen molar-refractivity contribution in [3.05, 3.63) is 59.7 Å². The van der Waals surface area contributed by atoms with Gasteiger partial charge in [-0.05, 0) is 48.5 Å². The zero-order valence-electron chi connectivity index (χ0n) is 16.9. The van der Waals surface area contributed by atoms with Gasteiger partial charge in [-0.3, -0.25) is 9.59 Å². The molecule has 0 bridgehead atoms. The van der Waals surface area contributed by atoms with Gasteiger partial charge in [-0.1, -0.05) is 20.8 Å². The molecule has 28 heavy (non-hydrogen) atoms. The number of Topliss-reactive ketones (excluding diaryl/α,β-unsaturated/α-hetero) is 1. The van der Waals surface area contributed by atoms with Crippen molar-refractivity contribution in [3.63, 3.8) is 0 Å². The molecule has 0 spiro atoms. The predicted octanol–water partition coefficient (Wildman–Crippen LogP) is 3.78. The summed E-state index contributed by atoms with van der Waals surface area (Å²) in [6, 6.07) is 13.4. The lowest BCUT2D eigenvalue weighted by atomic mass is 9.95. The summed E-state index contributed by atoms with van der Waals surface area (Å²) in [4.78, 5) is 38.2. The predicted molar refractivity (Wildman–Crippen MR) is 110 cm³/mol. The second-order valence-electron chi connectivity index (χ2n) is 7.72. The summed E-state index contributed by atoms with van der Waals surface area (Å²) in [5.41, 5.74) is 1.86. The molecule has 148 valence electrons. The van der Waals surface area contributed by atoms with Crippen LogP contribution in [0.15, 0.2) is 48.5 Å². The van der Waals surface area contributed by atoms with Gasteiger partial charge in [0.1, 0.15) is 0 Å². The van der Waals surface area contributed by atoms with E-state index in [1.807, 2.05) is 51.9 Å². The van der Waals surface area contributed by atoms with E-state index in [9.17, 15) is 14.4 Å². The maximum Gasteiger partial charge on any atom is 0.338 e. The van der Waals surface area contributed by atoms with E-state index in [0.717, 1.165) is 5.69 Å². The highest BCUT2D eigenvalue weighted by molar-refractivity contribution is 6.00. The number of carbonyl (C=O) groups is 3. The molecule has 0 aromatic heterocycles. The zero-order valence-corrected chi connectivity index (χ0v) is 16.9. The standard InChI is InChI=1S/C22H26N2O4/c1-22(2,3)21(27)23-17-10-6-15(7-11-17)19(25)14-28-20(26)16-8-12-18(13-9-16)24(4)5/h6-13H,14H2,1-5H3,(H,23,27). The lowest BCUT2D eigenvalue weighted by Gasteiger charge is -2.17. The molecule has 6 heteroatoms. The molecule has 0 aliphatic carbocycles. The number of nitrogens with zero attached hydrogens (tertiary/aromatic N) is 1. The molecular weight excluding hydrogens is 356 g/mol. The van der Waals surface area contributed by atoms with E-state index >= 15 is 0 Å². The number of carbonyl (C=O) groups excluding carboxylic acids is 3. The van der Waals surface area contributed by atoms with Crippen molar-refractivity contribution >= 4 is 29.0 Å². The number of hydrogen-bond acceptors (Lipinski definition) is 5. The van der Waals surface area contributed by atoms with Crippen LogP contribution in [-0.2, 0) is 9.53 Å². The summed E-state index contributed by atoms with van der Waals surface area (Å²) in [6.07, 6.45) is 0. The Kier molecular flexibility index (Phi) is 6.57. The number of nitrogens with one attached hydrogen (secondary N) is 1. The SMILES string of the molecule is CN(C)c1ccc(C(=O)OCC(=O)c2ccc(NC(=O)C(C)(C)C)cc2)cc1. The normalized spacial score (nSPS) is 10.9. The van der Waals surface area contributed by atoms with Crippen LogP contribution >= 0.6 is 0 Å². The van der Waals surface area contributed by atoms with Gasteiger partial charge < -0.3 is 15.0 Å². The Balaban J connectivity index is 1.92. The molecule has 0 saturated heterocycles. The fourth-order valence-electron chi connectivity index (χ4n) is 2.25. The van der Waals surface area contributed by atoms with Crippen LogP contribution in [0.25, 0.3) is 0 Å². The van der Waals surface area contributed by atoms with Gasteiger partial charge in [-0.25, -0.2) is 4.79 Å². The molecule has 0 heterocycles. The molecule has 2 rings (SSSR count). The smallest absolute Gasteiger partial charge is 0.338 e. The zero-order chi connectivity index (χ0) is 20.9. The highest BCUT2D eigenvalue weighted by atomic mass is 16.5. The second kappa shape index (κ2) is 8.69. The third kappa shape index (κ3) is 5.67. The van der Waals surface area contributed by atoms with Gasteiger partial charge in [0.25, 0.3) is 0 Å². The quantitative estimate of drug-likeness (QED) is 0.608. The second-order valence-corrected chi connectivity index (χ2v) is 7.72. The largest absolute Gasteiger partial charge is 0.454 e. The summed E-state index contributed by atoms with van der Waals surface area (Å²) in [5.74, 6) is -0.972. The Bertz CT molecular complexity index is 848. The molecule has 0 radical (unpaired) electrons. The van der Waals surface area contributed by atoms with Crippen molar-refractivity contribution in [2.75, 3.05) is 30.9 Å². The third-order valence-electron chi connectivity index (χ3n) is 4.10. The van der Waals surface area contributed by atoms with Gasteiger partial charge >= 0.3 is 5.97 Å². The first-order valence-corrected chi connectivity index (χ1v) is 8.97. The average Bonchev–Trinajstić information content (AvgIpc) is 2.65. The third-order valence-corrected chi connectivity index (χ3v) is 4.10. The first-order valence-electron chi connectivity index (χ1n) is 8.97. The highest BCUT2D eigenvalue weighted by Gasteiger charge is 2.21. The number of ether oxygens (including phenoxy) is 1. The number of ketones is 1. The Morgan fingerprint density at radius 2 is 1.43 bits per heavy atom. The number of anilines is 2. The lowest BCUT2D eigenvalue weighted by molar-refractivity contribution is -0.123. The first-order chi connectivity index (χ1) is 13.1. The molecule has 6 nitrogen and oxygen atoms in total. The van der Waals surface area contributed by atoms with Crippen LogP contribution in [0.5, 0.6) is 0 Å². The summed E-state index contributed by atoms with van der Waals surface area (Å²) >= 11 is 0. The first kappa shape index (κ1) is 21.2.